The first kappa shape index (κ1) is 22.3. The lowest BCUT2D eigenvalue weighted by molar-refractivity contribution is 0.0629. The van der Waals surface area contributed by atoms with E-state index in [-0.39, 0.29) is 12.0 Å². The Kier molecular flexibility index (Phi) is 8.39. The van der Waals surface area contributed by atoms with Crippen LogP contribution in [0.4, 0.5) is 5.69 Å². The number of ether oxygens (including phenoxy) is 1. The molecule has 0 fully saturated rings. The summed E-state index contributed by atoms with van der Waals surface area (Å²) in [4.78, 5) is 14.7. The Morgan fingerprint density at radius 3 is 2.61 bits per heavy atom. The van der Waals surface area contributed by atoms with Crippen LogP contribution in [-0.4, -0.2) is 43.4 Å². The van der Waals surface area contributed by atoms with Crippen molar-refractivity contribution in [3.63, 3.8) is 0 Å². The van der Waals surface area contributed by atoms with Crippen molar-refractivity contribution < 1.29 is 9.53 Å². The molecule has 152 valence electrons. The first-order valence-corrected chi connectivity index (χ1v) is 10.7. The van der Waals surface area contributed by atoms with Crippen molar-refractivity contribution in [2.45, 2.75) is 39.8 Å². The highest BCUT2D eigenvalue weighted by atomic mass is 32.1. The van der Waals surface area contributed by atoms with Gasteiger partial charge in [-0.05, 0) is 73.9 Å². The predicted molar refractivity (Wildman–Crippen MR) is 122 cm³/mol. The molecule has 0 bridgehead atoms. The number of aryl methyl sites for hydroxylation is 1. The van der Waals surface area contributed by atoms with Crippen molar-refractivity contribution in [2.75, 3.05) is 31.8 Å². The Morgan fingerprint density at radius 2 is 1.93 bits per heavy atom. The quantitative estimate of drug-likeness (QED) is 0.506. The Bertz CT molecular complexity index is 805. The van der Waals surface area contributed by atoms with Crippen LogP contribution in [0.25, 0.3) is 11.1 Å². The van der Waals surface area contributed by atoms with Gasteiger partial charge in [-0.25, -0.2) is 0 Å². The van der Waals surface area contributed by atoms with Crippen molar-refractivity contribution >= 4 is 24.2 Å². The second kappa shape index (κ2) is 10.5. The van der Waals surface area contributed by atoms with E-state index in [4.69, 9.17) is 4.74 Å². The molecule has 0 radical (unpaired) electrons. The van der Waals surface area contributed by atoms with E-state index >= 15 is 0 Å². The van der Waals surface area contributed by atoms with Crippen LogP contribution in [0.5, 0.6) is 0 Å². The molecule has 0 saturated carbocycles. The van der Waals surface area contributed by atoms with Crippen LogP contribution >= 0.6 is 12.6 Å². The molecule has 1 aliphatic rings. The summed E-state index contributed by atoms with van der Waals surface area (Å²) in [5.74, 6) is 0.151. The number of benzene rings is 2. The van der Waals surface area contributed by atoms with Gasteiger partial charge in [-0.15, -0.1) is 0 Å². The molecule has 0 unspecified atom stereocenters. The van der Waals surface area contributed by atoms with E-state index in [1.165, 1.54) is 5.56 Å². The van der Waals surface area contributed by atoms with Gasteiger partial charge < -0.3 is 15.0 Å². The van der Waals surface area contributed by atoms with Crippen molar-refractivity contribution in [3.8, 4) is 11.1 Å². The highest BCUT2D eigenvalue weighted by Gasteiger charge is 2.29. The zero-order valence-electron chi connectivity index (χ0n) is 17.6. The molecule has 0 aromatic heterocycles. The maximum absolute atomic E-state index is 12.8. The van der Waals surface area contributed by atoms with Crippen molar-refractivity contribution in [2.24, 2.45) is 0 Å². The van der Waals surface area contributed by atoms with E-state index < -0.39 is 0 Å². The molecule has 0 aliphatic carbocycles. The minimum absolute atomic E-state index is 0.151. The largest absolute Gasteiger partial charge is 0.388 e. The molecule has 2 aromatic rings. The fourth-order valence-corrected chi connectivity index (χ4v) is 3.50. The number of carbonyl (C=O) groups is 1. The average Bonchev–Trinajstić information content (AvgIpc) is 3.02. The summed E-state index contributed by atoms with van der Waals surface area (Å²) in [5.41, 5.74) is 6.48. The normalized spacial score (nSPS) is 12.7. The maximum atomic E-state index is 12.8. The fourth-order valence-electron chi connectivity index (χ4n) is 3.50. The lowest BCUT2D eigenvalue weighted by atomic mass is 9.96. The van der Waals surface area contributed by atoms with Gasteiger partial charge in [0.05, 0.1) is 6.10 Å². The summed E-state index contributed by atoms with van der Waals surface area (Å²) in [6.45, 7) is 8.22. The second-order valence-corrected chi connectivity index (χ2v) is 7.16. The molecule has 28 heavy (non-hydrogen) atoms. The first-order valence-electron chi connectivity index (χ1n) is 9.77. The molecule has 2 aromatic carbocycles. The summed E-state index contributed by atoms with van der Waals surface area (Å²) in [6, 6.07) is 12.6. The van der Waals surface area contributed by atoms with E-state index in [1.54, 1.807) is 6.26 Å². The number of fused-ring (bicyclic) bond motifs is 1. The molecule has 0 atom stereocenters. The van der Waals surface area contributed by atoms with Crippen LogP contribution in [-0.2, 0) is 11.3 Å². The first-order chi connectivity index (χ1) is 13.5. The summed E-state index contributed by atoms with van der Waals surface area (Å²) in [6.07, 6.45) is 2.80. The van der Waals surface area contributed by atoms with E-state index in [0.29, 0.717) is 13.2 Å². The lowest BCUT2D eigenvalue weighted by Gasteiger charge is -2.16. The van der Waals surface area contributed by atoms with Crippen LogP contribution in [0.15, 0.2) is 36.4 Å². The molecule has 5 heteroatoms. The molecule has 3 rings (SSSR count). The van der Waals surface area contributed by atoms with Gasteiger partial charge >= 0.3 is 0 Å². The molecule has 1 amide bonds. The number of thiol groups is 1. The van der Waals surface area contributed by atoms with Gasteiger partial charge in [0.2, 0.25) is 0 Å². The number of hydrogen-bond donors (Lipinski definition) is 2. The van der Waals surface area contributed by atoms with Crippen molar-refractivity contribution in [1.82, 2.24) is 4.90 Å². The molecule has 1 heterocycles. The summed E-state index contributed by atoms with van der Waals surface area (Å²) in [5, 5.41) is 3.18. The van der Waals surface area contributed by atoms with Crippen LogP contribution in [0, 0.1) is 6.92 Å². The monoisotopic (exact) mass is 400 g/mol. The lowest BCUT2D eigenvalue weighted by Crippen LogP contribution is -2.26. The number of rotatable bonds is 7. The zero-order valence-corrected chi connectivity index (χ0v) is 18.5. The van der Waals surface area contributed by atoms with Gasteiger partial charge in [0.1, 0.15) is 0 Å². The Morgan fingerprint density at radius 1 is 1.18 bits per heavy atom. The third-order valence-corrected chi connectivity index (χ3v) is 4.79. The van der Waals surface area contributed by atoms with Gasteiger partial charge in [-0.3, -0.25) is 4.79 Å². The Labute approximate surface area is 174 Å². The zero-order chi connectivity index (χ0) is 20.7. The molecule has 0 saturated heterocycles. The van der Waals surface area contributed by atoms with Crippen LogP contribution in [0.2, 0.25) is 0 Å². The number of anilines is 1. The average molecular weight is 401 g/mol. The minimum Gasteiger partial charge on any atom is -0.388 e. The number of hydrogen-bond acceptors (Lipinski definition) is 4. The van der Waals surface area contributed by atoms with E-state index in [0.717, 1.165) is 40.9 Å². The topological polar surface area (TPSA) is 41.6 Å². The number of nitrogens with one attached hydrogen (secondary N) is 1. The van der Waals surface area contributed by atoms with Crippen LogP contribution in [0.1, 0.15) is 41.8 Å². The van der Waals surface area contributed by atoms with Crippen molar-refractivity contribution in [3.05, 3.63) is 53.1 Å². The smallest absolute Gasteiger partial charge is 0.254 e. The van der Waals surface area contributed by atoms with Gasteiger partial charge in [0.25, 0.3) is 5.91 Å². The number of nitrogens with zero attached hydrogens (tertiary/aromatic N) is 1. The summed E-state index contributed by atoms with van der Waals surface area (Å²) >= 11 is 3.53. The van der Waals surface area contributed by atoms with E-state index in [2.05, 4.69) is 48.3 Å². The fraction of sp³-hybridized carbons (Fsp3) is 0.435. The maximum Gasteiger partial charge on any atom is 0.254 e. The standard InChI is InChI=1S/C22H28N2O2.CH4S/c1-15(2)26-10-6-9-24-14-19-12-18(11-16(3)21(19)22(24)25)17-7-5-8-20(13-17)23-4;1-2/h5,7-8,11-13,15,23H,6,9-10,14H2,1-4H3;2H,1H3. The third kappa shape index (κ3) is 5.30. The Balaban J connectivity index is 0.00000136. The van der Waals surface area contributed by atoms with Gasteiger partial charge in [-0.2, -0.15) is 12.6 Å². The van der Waals surface area contributed by atoms with E-state index in [1.807, 2.05) is 38.8 Å². The van der Waals surface area contributed by atoms with Crippen LogP contribution < -0.4 is 5.32 Å². The second-order valence-electron chi connectivity index (χ2n) is 7.16. The highest BCUT2D eigenvalue weighted by molar-refractivity contribution is 7.79. The van der Waals surface area contributed by atoms with Gasteiger partial charge in [0.15, 0.2) is 0 Å². The summed E-state index contributed by atoms with van der Waals surface area (Å²) < 4.78 is 5.59. The van der Waals surface area contributed by atoms with Crippen molar-refractivity contribution in [1.29, 1.82) is 0 Å². The van der Waals surface area contributed by atoms with E-state index in [9.17, 15) is 4.79 Å². The Hall–Kier alpha value is -1.98. The van der Waals surface area contributed by atoms with Gasteiger partial charge in [-0.1, -0.05) is 18.2 Å². The van der Waals surface area contributed by atoms with Crippen LogP contribution in [0.3, 0.4) is 0 Å². The summed E-state index contributed by atoms with van der Waals surface area (Å²) in [7, 11) is 1.92. The SMILES string of the molecule is CNc1cccc(-c2cc(C)c3c(c2)CN(CCCOC(C)C)C3=O)c1.CS. The molecule has 0 spiro atoms. The number of amides is 1. The highest BCUT2D eigenvalue weighted by Crippen LogP contribution is 2.32. The molecule has 1 aliphatic heterocycles. The number of carbonyl (C=O) groups excluding carboxylic acids is 1. The third-order valence-electron chi connectivity index (χ3n) is 4.79. The predicted octanol–water partition coefficient (Wildman–Crippen LogP) is 5.02. The molecule has 1 N–H and O–H groups in total. The molecule has 4 nitrogen and oxygen atoms in total. The molecular weight excluding hydrogens is 368 g/mol. The molecular formula is C23H32N2O2S. The van der Waals surface area contributed by atoms with Gasteiger partial charge in [0, 0.05) is 38.0 Å². The minimum atomic E-state index is 0.151.